The minimum atomic E-state index is -0.377. The monoisotopic (exact) mass is 271 g/mol. The van der Waals surface area contributed by atoms with Gasteiger partial charge in [-0.05, 0) is 37.1 Å². The molecule has 0 spiro atoms. The number of rotatable bonds is 3. The third-order valence-electron chi connectivity index (χ3n) is 3.64. The number of anilines is 1. The molecule has 1 aliphatic rings. The molecule has 5 heteroatoms. The average molecular weight is 271 g/mol. The lowest BCUT2D eigenvalue weighted by molar-refractivity contribution is -0.126. The standard InChI is InChI=1S/C15H17N3O2/c1-10-3-4-13(7-11(10)2)18-9-12(8-14(18)19)15(20)17-6-5-16/h3-4,7,12H,6,8-9H2,1-2H3,(H,17,20). The molecule has 0 radical (unpaired) electrons. The van der Waals surface area contributed by atoms with Crippen LogP contribution in [0, 0.1) is 31.1 Å². The molecule has 1 N–H and O–H groups in total. The van der Waals surface area contributed by atoms with Gasteiger partial charge in [-0.3, -0.25) is 9.59 Å². The van der Waals surface area contributed by atoms with E-state index in [1.54, 1.807) is 4.90 Å². The van der Waals surface area contributed by atoms with E-state index in [4.69, 9.17) is 5.26 Å². The first kappa shape index (κ1) is 14.1. The number of carbonyl (C=O) groups excluding carboxylic acids is 2. The van der Waals surface area contributed by atoms with Crippen molar-refractivity contribution >= 4 is 17.5 Å². The number of benzene rings is 1. The van der Waals surface area contributed by atoms with Gasteiger partial charge < -0.3 is 10.2 Å². The molecule has 1 atom stereocenters. The molecule has 1 aliphatic heterocycles. The molecule has 1 saturated heterocycles. The van der Waals surface area contributed by atoms with Crippen LogP contribution < -0.4 is 10.2 Å². The molecule has 0 bridgehead atoms. The normalized spacial score (nSPS) is 17.9. The molecule has 1 heterocycles. The number of amides is 2. The van der Waals surface area contributed by atoms with E-state index in [0.717, 1.165) is 11.3 Å². The van der Waals surface area contributed by atoms with Crippen LogP contribution in [0.5, 0.6) is 0 Å². The predicted molar refractivity (Wildman–Crippen MR) is 75.0 cm³/mol. The second-order valence-corrected chi connectivity index (χ2v) is 5.05. The molecule has 2 amide bonds. The molecule has 20 heavy (non-hydrogen) atoms. The maximum Gasteiger partial charge on any atom is 0.227 e. The van der Waals surface area contributed by atoms with Crippen LogP contribution >= 0.6 is 0 Å². The van der Waals surface area contributed by atoms with Crippen molar-refractivity contribution in [3.05, 3.63) is 29.3 Å². The first-order valence-electron chi connectivity index (χ1n) is 6.55. The van der Waals surface area contributed by atoms with Gasteiger partial charge in [-0.2, -0.15) is 5.26 Å². The van der Waals surface area contributed by atoms with Crippen molar-refractivity contribution in [1.29, 1.82) is 5.26 Å². The van der Waals surface area contributed by atoms with Crippen molar-refractivity contribution in [3.8, 4) is 6.07 Å². The van der Waals surface area contributed by atoms with E-state index in [-0.39, 0.29) is 30.7 Å². The third-order valence-corrected chi connectivity index (χ3v) is 3.64. The Hall–Kier alpha value is -2.35. The third kappa shape index (κ3) is 2.80. The van der Waals surface area contributed by atoms with E-state index in [2.05, 4.69) is 5.32 Å². The fourth-order valence-electron chi connectivity index (χ4n) is 2.30. The van der Waals surface area contributed by atoms with Crippen LogP contribution in [-0.4, -0.2) is 24.9 Å². The van der Waals surface area contributed by atoms with Crippen LogP contribution in [0.4, 0.5) is 5.69 Å². The van der Waals surface area contributed by atoms with Crippen molar-refractivity contribution in [1.82, 2.24) is 5.32 Å². The summed E-state index contributed by atoms with van der Waals surface area (Å²) in [5.74, 6) is -0.658. The number of nitrogens with one attached hydrogen (secondary N) is 1. The Morgan fingerprint density at radius 3 is 2.85 bits per heavy atom. The summed E-state index contributed by atoms with van der Waals surface area (Å²) < 4.78 is 0. The quantitative estimate of drug-likeness (QED) is 0.842. The van der Waals surface area contributed by atoms with Crippen LogP contribution in [0.2, 0.25) is 0 Å². The van der Waals surface area contributed by atoms with E-state index >= 15 is 0 Å². The van der Waals surface area contributed by atoms with Gasteiger partial charge in [0.1, 0.15) is 6.54 Å². The maximum atomic E-state index is 12.0. The highest BCUT2D eigenvalue weighted by Crippen LogP contribution is 2.26. The van der Waals surface area contributed by atoms with Crippen LogP contribution in [0.1, 0.15) is 17.5 Å². The number of aryl methyl sites for hydroxylation is 2. The van der Waals surface area contributed by atoms with E-state index in [1.807, 2.05) is 38.1 Å². The zero-order chi connectivity index (χ0) is 14.7. The summed E-state index contributed by atoms with van der Waals surface area (Å²) in [5.41, 5.74) is 3.12. The van der Waals surface area contributed by atoms with Gasteiger partial charge in [0, 0.05) is 18.7 Å². The number of carbonyl (C=O) groups is 2. The lowest BCUT2D eigenvalue weighted by atomic mass is 10.1. The summed E-state index contributed by atoms with van der Waals surface area (Å²) in [4.78, 5) is 25.5. The van der Waals surface area contributed by atoms with Gasteiger partial charge in [-0.1, -0.05) is 6.07 Å². The van der Waals surface area contributed by atoms with Crippen molar-refractivity contribution in [2.45, 2.75) is 20.3 Å². The summed E-state index contributed by atoms with van der Waals surface area (Å²) in [6.07, 6.45) is 0.199. The number of nitriles is 1. The molecule has 0 saturated carbocycles. The summed E-state index contributed by atoms with van der Waals surface area (Å²) in [6, 6.07) is 7.69. The average Bonchev–Trinajstić information content (AvgIpc) is 2.81. The molecule has 5 nitrogen and oxygen atoms in total. The Labute approximate surface area is 118 Å². The lowest BCUT2D eigenvalue weighted by Crippen LogP contribution is -2.33. The number of hydrogen-bond acceptors (Lipinski definition) is 3. The molecule has 2 rings (SSSR count). The topological polar surface area (TPSA) is 73.2 Å². The molecule has 1 unspecified atom stereocenters. The summed E-state index contributed by atoms with van der Waals surface area (Å²) in [6.45, 7) is 4.37. The smallest absolute Gasteiger partial charge is 0.227 e. The van der Waals surface area contributed by atoms with Gasteiger partial charge >= 0.3 is 0 Å². The van der Waals surface area contributed by atoms with Crippen LogP contribution in [0.15, 0.2) is 18.2 Å². The minimum absolute atomic E-state index is 0.0207. The molecule has 0 aliphatic carbocycles. The SMILES string of the molecule is Cc1ccc(N2CC(C(=O)NCC#N)CC2=O)cc1C. The minimum Gasteiger partial charge on any atom is -0.343 e. The Morgan fingerprint density at radius 1 is 1.45 bits per heavy atom. The molecule has 104 valence electrons. The highest BCUT2D eigenvalue weighted by Gasteiger charge is 2.34. The molecule has 0 aromatic heterocycles. The molecular formula is C15H17N3O2. The maximum absolute atomic E-state index is 12.0. The van der Waals surface area contributed by atoms with Gasteiger partial charge in [-0.15, -0.1) is 0 Å². The largest absolute Gasteiger partial charge is 0.343 e. The van der Waals surface area contributed by atoms with Crippen LogP contribution in [-0.2, 0) is 9.59 Å². The first-order chi connectivity index (χ1) is 9.52. The Morgan fingerprint density at radius 2 is 2.20 bits per heavy atom. The molecule has 1 aromatic carbocycles. The zero-order valence-corrected chi connectivity index (χ0v) is 11.6. The second kappa shape index (κ2) is 5.74. The van der Waals surface area contributed by atoms with E-state index < -0.39 is 0 Å². The number of hydrogen-bond donors (Lipinski definition) is 1. The van der Waals surface area contributed by atoms with E-state index in [0.29, 0.717) is 6.54 Å². The Bertz CT molecular complexity index is 589. The van der Waals surface area contributed by atoms with E-state index in [1.165, 1.54) is 5.56 Å². The van der Waals surface area contributed by atoms with Crippen LogP contribution in [0.25, 0.3) is 0 Å². The Balaban J connectivity index is 2.11. The fraction of sp³-hybridized carbons (Fsp3) is 0.400. The second-order valence-electron chi connectivity index (χ2n) is 5.05. The van der Waals surface area contributed by atoms with Gasteiger partial charge in [0.05, 0.1) is 12.0 Å². The highest BCUT2D eigenvalue weighted by atomic mass is 16.2. The zero-order valence-electron chi connectivity index (χ0n) is 11.6. The summed E-state index contributed by atoms with van der Waals surface area (Å²) >= 11 is 0. The highest BCUT2D eigenvalue weighted by molar-refractivity contribution is 6.00. The summed E-state index contributed by atoms with van der Waals surface area (Å²) in [5, 5.41) is 11.0. The summed E-state index contributed by atoms with van der Waals surface area (Å²) in [7, 11) is 0. The van der Waals surface area contributed by atoms with E-state index in [9.17, 15) is 9.59 Å². The van der Waals surface area contributed by atoms with Gasteiger partial charge in [-0.25, -0.2) is 0 Å². The van der Waals surface area contributed by atoms with Gasteiger partial charge in [0.15, 0.2) is 0 Å². The molecule has 1 fully saturated rings. The molecular weight excluding hydrogens is 254 g/mol. The fourth-order valence-corrected chi connectivity index (χ4v) is 2.30. The number of nitrogens with zero attached hydrogens (tertiary/aromatic N) is 2. The van der Waals surface area contributed by atoms with Crippen molar-refractivity contribution in [2.75, 3.05) is 18.0 Å². The van der Waals surface area contributed by atoms with Gasteiger partial charge in [0.25, 0.3) is 0 Å². The Kier molecular flexibility index (Phi) is 4.04. The lowest BCUT2D eigenvalue weighted by Gasteiger charge is -2.17. The first-order valence-corrected chi connectivity index (χ1v) is 6.55. The van der Waals surface area contributed by atoms with Gasteiger partial charge in [0.2, 0.25) is 11.8 Å². The van der Waals surface area contributed by atoms with Crippen molar-refractivity contribution in [3.63, 3.8) is 0 Å². The van der Waals surface area contributed by atoms with Crippen LogP contribution in [0.3, 0.4) is 0 Å². The van der Waals surface area contributed by atoms with Crippen molar-refractivity contribution in [2.24, 2.45) is 5.92 Å². The van der Waals surface area contributed by atoms with Crippen molar-refractivity contribution < 1.29 is 9.59 Å². The predicted octanol–water partition coefficient (Wildman–Crippen LogP) is 1.30. The molecule has 1 aromatic rings.